The van der Waals surface area contributed by atoms with Crippen LogP contribution in [0.1, 0.15) is 27.3 Å². The van der Waals surface area contributed by atoms with Crippen LogP contribution in [-0.2, 0) is 6.42 Å². The van der Waals surface area contributed by atoms with Crippen molar-refractivity contribution in [3.63, 3.8) is 0 Å². The summed E-state index contributed by atoms with van der Waals surface area (Å²) in [5, 5.41) is 0.492. The molecule has 0 unspecified atom stereocenters. The van der Waals surface area contributed by atoms with Gasteiger partial charge < -0.3 is 19.3 Å². The van der Waals surface area contributed by atoms with Crippen molar-refractivity contribution in [2.24, 2.45) is 0 Å². The maximum Gasteiger partial charge on any atom is 0.298 e. The molecule has 0 atom stereocenters. The highest BCUT2D eigenvalue weighted by Crippen LogP contribution is 2.25. The van der Waals surface area contributed by atoms with E-state index in [0.29, 0.717) is 36.0 Å². The van der Waals surface area contributed by atoms with E-state index in [1.165, 1.54) is 17.1 Å². The van der Waals surface area contributed by atoms with Crippen LogP contribution in [0.3, 0.4) is 0 Å². The molecule has 3 aromatic carbocycles. The van der Waals surface area contributed by atoms with E-state index < -0.39 is 0 Å². The summed E-state index contributed by atoms with van der Waals surface area (Å²) >= 11 is 1.23. The average Bonchev–Trinajstić information content (AvgIpc) is 3.36. The number of piperazine rings is 1. The number of aromatic nitrogens is 2. The Kier molecular flexibility index (Phi) is 7.13. The minimum atomic E-state index is 0.0345. The summed E-state index contributed by atoms with van der Waals surface area (Å²) in [6, 6.07) is 23.6. The highest BCUT2D eigenvalue weighted by atomic mass is 32.1. The lowest BCUT2D eigenvalue weighted by molar-refractivity contribution is 0.0747. The van der Waals surface area contributed by atoms with E-state index in [1.54, 1.807) is 7.11 Å². The van der Waals surface area contributed by atoms with Crippen LogP contribution < -0.4 is 14.4 Å². The van der Waals surface area contributed by atoms with Crippen molar-refractivity contribution in [2.45, 2.75) is 13.3 Å². The first-order chi connectivity index (χ1) is 17.6. The van der Waals surface area contributed by atoms with Crippen LogP contribution in [0.25, 0.3) is 0 Å². The molecule has 0 N–H and O–H groups in total. The Morgan fingerprint density at radius 1 is 0.889 bits per heavy atom. The van der Waals surface area contributed by atoms with Crippen LogP contribution in [0.5, 0.6) is 16.7 Å². The van der Waals surface area contributed by atoms with Gasteiger partial charge in [0.1, 0.15) is 11.5 Å². The molecule has 1 aromatic heterocycles. The summed E-state index contributed by atoms with van der Waals surface area (Å²) in [6.45, 7) is 5.01. The maximum absolute atomic E-state index is 13.0. The molecule has 5 rings (SSSR count). The summed E-state index contributed by atoms with van der Waals surface area (Å²) in [4.78, 5) is 21.7. The van der Waals surface area contributed by atoms with Gasteiger partial charge in [-0.1, -0.05) is 29.8 Å². The molecule has 1 aliphatic rings. The number of amides is 1. The van der Waals surface area contributed by atoms with Crippen LogP contribution in [0.4, 0.5) is 5.69 Å². The molecule has 1 fully saturated rings. The first-order valence-electron chi connectivity index (χ1n) is 11.9. The molecule has 36 heavy (non-hydrogen) atoms. The minimum absolute atomic E-state index is 0.0345. The van der Waals surface area contributed by atoms with Crippen LogP contribution >= 0.6 is 11.5 Å². The number of ether oxygens (including phenoxy) is 2. The molecule has 1 aliphatic heterocycles. The van der Waals surface area contributed by atoms with Crippen LogP contribution in [0.2, 0.25) is 0 Å². The van der Waals surface area contributed by atoms with Gasteiger partial charge in [-0.3, -0.25) is 4.79 Å². The molecule has 4 aromatic rings. The first-order valence-corrected chi connectivity index (χ1v) is 12.7. The lowest BCUT2D eigenvalue weighted by atomic mass is 10.1. The monoisotopic (exact) mass is 500 g/mol. The number of nitrogens with zero attached hydrogens (tertiary/aromatic N) is 4. The Balaban J connectivity index is 1.14. The lowest BCUT2D eigenvalue weighted by Crippen LogP contribution is -2.48. The topological polar surface area (TPSA) is 67.8 Å². The Bertz CT molecular complexity index is 1300. The molecule has 1 amide bonds. The summed E-state index contributed by atoms with van der Waals surface area (Å²) < 4.78 is 15.5. The quantitative estimate of drug-likeness (QED) is 0.347. The smallest absolute Gasteiger partial charge is 0.298 e. The second kappa shape index (κ2) is 10.8. The molecule has 1 saturated heterocycles. The van der Waals surface area contributed by atoms with Crippen molar-refractivity contribution >= 4 is 23.1 Å². The fourth-order valence-corrected chi connectivity index (χ4v) is 4.72. The Labute approximate surface area is 215 Å². The van der Waals surface area contributed by atoms with Crippen molar-refractivity contribution in [1.29, 1.82) is 0 Å². The number of aryl methyl sites for hydroxylation is 1. The molecule has 2 heterocycles. The fraction of sp³-hybridized carbons (Fsp3) is 0.250. The second-order valence-electron chi connectivity index (χ2n) is 8.74. The number of anilines is 1. The standard InChI is InChI=1S/C28H28N4O3S/c1-20-3-5-21(6-4-20)19-26-29-28(36-30-26)35-25-11-7-22(8-12-25)27(33)32-17-15-31(16-18-32)23-9-13-24(34-2)14-10-23/h3-14H,15-19H2,1-2H3. The summed E-state index contributed by atoms with van der Waals surface area (Å²) in [5.41, 5.74) is 4.19. The molecule has 0 saturated carbocycles. The molecule has 184 valence electrons. The Morgan fingerprint density at radius 2 is 1.56 bits per heavy atom. The normalized spacial score (nSPS) is 13.5. The van der Waals surface area contributed by atoms with Gasteiger partial charge in [0.25, 0.3) is 11.1 Å². The van der Waals surface area contributed by atoms with Crippen molar-refractivity contribution in [1.82, 2.24) is 14.3 Å². The van der Waals surface area contributed by atoms with E-state index in [1.807, 2.05) is 41.3 Å². The average molecular weight is 501 g/mol. The molecule has 0 bridgehead atoms. The highest BCUT2D eigenvalue weighted by Gasteiger charge is 2.22. The number of carbonyl (C=O) groups is 1. The third-order valence-electron chi connectivity index (χ3n) is 6.24. The SMILES string of the molecule is COc1ccc(N2CCN(C(=O)c3ccc(Oc4nc(Cc5ccc(C)cc5)ns4)cc3)CC2)cc1. The molecule has 8 heteroatoms. The van der Waals surface area contributed by atoms with Gasteiger partial charge in [0.15, 0.2) is 5.82 Å². The first kappa shape index (κ1) is 23.8. The number of hydrogen-bond donors (Lipinski definition) is 0. The number of rotatable bonds is 7. The summed E-state index contributed by atoms with van der Waals surface area (Å²) in [5.74, 6) is 2.24. The van der Waals surface area contributed by atoms with Gasteiger partial charge in [-0.15, -0.1) is 0 Å². The van der Waals surface area contributed by atoms with Gasteiger partial charge in [0.2, 0.25) is 0 Å². The van der Waals surface area contributed by atoms with Crippen molar-refractivity contribution in [3.05, 3.63) is 95.3 Å². The van der Waals surface area contributed by atoms with Crippen LogP contribution in [0.15, 0.2) is 72.8 Å². The van der Waals surface area contributed by atoms with Crippen LogP contribution in [-0.4, -0.2) is 53.5 Å². The number of hydrogen-bond acceptors (Lipinski definition) is 7. The number of carbonyl (C=O) groups excluding carboxylic acids is 1. The predicted octanol–water partition coefficient (Wildman–Crippen LogP) is 5.20. The van der Waals surface area contributed by atoms with Gasteiger partial charge >= 0.3 is 0 Å². The minimum Gasteiger partial charge on any atom is -0.497 e. The van der Waals surface area contributed by atoms with Crippen molar-refractivity contribution in [2.75, 3.05) is 38.2 Å². The Hall–Kier alpha value is -3.91. The van der Waals surface area contributed by atoms with E-state index in [9.17, 15) is 4.79 Å². The fourth-order valence-electron chi connectivity index (χ4n) is 4.15. The predicted molar refractivity (Wildman–Crippen MR) is 142 cm³/mol. The summed E-state index contributed by atoms with van der Waals surface area (Å²) in [6.07, 6.45) is 0.666. The number of methoxy groups -OCH3 is 1. The zero-order chi connectivity index (χ0) is 24.9. The van der Waals surface area contributed by atoms with Gasteiger partial charge in [-0.25, -0.2) is 0 Å². The molecule has 7 nitrogen and oxygen atoms in total. The summed E-state index contributed by atoms with van der Waals surface area (Å²) in [7, 11) is 1.66. The third-order valence-corrected chi connectivity index (χ3v) is 6.88. The molecular weight excluding hydrogens is 472 g/mol. The largest absolute Gasteiger partial charge is 0.497 e. The van der Waals surface area contributed by atoms with E-state index in [0.717, 1.165) is 35.9 Å². The number of benzene rings is 3. The molecule has 0 aliphatic carbocycles. The zero-order valence-electron chi connectivity index (χ0n) is 20.4. The van der Waals surface area contributed by atoms with Gasteiger partial charge in [-0.05, 0) is 61.0 Å². The Morgan fingerprint density at radius 3 is 2.22 bits per heavy atom. The second-order valence-corrected chi connectivity index (χ2v) is 9.46. The van der Waals surface area contributed by atoms with Crippen LogP contribution in [0, 0.1) is 6.92 Å². The highest BCUT2D eigenvalue weighted by molar-refractivity contribution is 7.07. The third kappa shape index (κ3) is 5.66. The van der Waals surface area contributed by atoms with Crippen molar-refractivity contribution < 1.29 is 14.3 Å². The van der Waals surface area contributed by atoms with Gasteiger partial charge in [-0.2, -0.15) is 9.36 Å². The molecule has 0 spiro atoms. The van der Waals surface area contributed by atoms with Gasteiger partial charge in [0, 0.05) is 55.4 Å². The van der Waals surface area contributed by atoms with E-state index in [4.69, 9.17) is 9.47 Å². The van der Waals surface area contributed by atoms with E-state index in [-0.39, 0.29) is 5.91 Å². The van der Waals surface area contributed by atoms with E-state index in [2.05, 4.69) is 57.6 Å². The van der Waals surface area contributed by atoms with Crippen molar-refractivity contribution in [3.8, 4) is 16.7 Å². The van der Waals surface area contributed by atoms with E-state index >= 15 is 0 Å². The van der Waals surface area contributed by atoms with Gasteiger partial charge in [0.05, 0.1) is 7.11 Å². The zero-order valence-corrected chi connectivity index (χ0v) is 21.2. The molecular formula is C28H28N4O3S. The molecule has 0 radical (unpaired) electrons. The lowest BCUT2D eigenvalue weighted by Gasteiger charge is -2.36. The maximum atomic E-state index is 13.0.